The molecule has 0 aliphatic carbocycles. The standard InChI is InChI=1S/C13H13N11O3/c1-9(7-23-18-13(17-20-23)24(26)27)15-16-12(25)6-10-2-4-11(5-3-10)22-8-14-19-21-22/h2-5,8H,6-7H2,1H3,(H,16,25)/b15-9+. The molecule has 0 unspecified atom stereocenters. The summed E-state index contributed by atoms with van der Waals surface area (Å²) in [6.07, 6.45) is 1.59. The topological polar surface area (TPSA) is 172 Å². The van der Waals surface area contributed by atoms with Crippen molar-refractivity contribution < 1.29 is 9.72 Å². The average Bonchev–Trinajstić information content (AvgIpc) is 3.32. The van der Waals surface area contributed by atoms with E-state index in [9.17, 15) is 14.9 Å². The Kier molecular flexibility index (Phi) is 5.15. The molecule has 0 saturated carbocycles. The summed E-state index contributed by atoms with van der Waals surface area (Å²) in [6, 6.07) is 7.14. The largest absolute Gasteiger partial charge is 0.514 e. The number of nitro groups is 1. The average molecular weight is 371 g/mol. The molecule has 0 aliphatic heterocycles. The Morgan fingerprint density at radius 1 is 1.30 bits per heavy atom. The highest BCUT2D eigenvalue weighted by Gasteiger charge is 2.15. The number of nitrogens with zero attached hydrogens (tertiary/aromatic N) is 10. The Hall–Kier alpha value is -4.10. The second-order valence-electron chi connectivity index (χ2n) is 5.36. The minimum atomic E-state index is -0.748. The minimum Gasteiger partial charge on any atom is -0.390 e. The van der Waals surface area contributed by atoms with Gasteiger partial charge in [0.25, 0.3) is 0 Å². The van der Waals surface area contributed by atoms with Crippen LogP contribution in [0.15, 0.2) is 35.7 Å². The third-order valence-corrected chi connectivity index (χ3v) is 3.26. The van der Waals surface area contributed by atoms with Crippen molar-refractivity contribution in [2.24, 2.45) is 5.10 Å². The summed E-state index contributed by atoms with van der Waals surface area (Å²) < 4.78 is 1.50. The minimum absolute atomic E-state index is 0.0573. The van der Waals surface area contributed by atoms with Gasteiger partial charge in [-0.2, -0.15) is 5.10 Å². The van der Waals surface area contributed by atoms with E-state index in [0.717, 1.165) is 16.0 Å². The Balaban J connectivity index is 1.52. The van der Waals surface area contributed by atoms with E-state index in [4.69, 9.17) is 0 Å². The molecule has 0 radical (unpaired) electrons. The lowest BCUT2D eigenvalue weighted by Gasteiger charge is -2.04. The van der Waals surface area contributed by atoms with Gasteiger partial charge in [-0.25, -0.2) is 10.1 Å². The number of rotatable bonds is 7. The fourth-order valence-corrected chi connectivity index (χ4v) is 2.04. The van der Waals surface area contributed by atoms with Gasteiger partial charge >= 0.3 is 5.95 Å². The molecule has 0 fully saturated rings. The van der Waals surface area contributed by atoms with Crippen LogP contribution in [-0.2, 0) is 17.8 Å². The van der Waals surface area contributed by atoms with Crippen LogP contribution < -0.4 is 5.43 Å². The molecule has 2 heterocycles. The van der Waals surface area contributed by atoms with Crippen LogP contribution in [0.2, 0.25) is 0 Å². The van der Waals surface area contributed by atoms with Crippen LogP contribution in [0.1, 0.15) is 12.5 Å². The Morgan fingerprint density at radius 2 is 2.07 bits per heavy atom. The quantitative estimate of drug-likeness (QED) is 0.320. The van der Waals surface area contributed by atoms with Gasteiger partial charge in [0.15, 0.2) is 0 Å². The van der Waals surface area contributed by atoms with Crippen LogP contribution >= 0.6 is 0 Å². The van der Waals surface area contributed by atoms with Crippen molar-refractivity contribution in [2.45, 2.75) is 19.9 Å². The maximum absolute atomic E-state index is 12.0. The Labute approximate surface area is 151 Å². The molecule has 1 aromatic carbocycles. The summed E-state index contributed by atoms with van der Waals surface area (Å²) >= 11 is 0. The summed E-state index contributed by atoms with van der Waals surface area (Å²) in [5, 5.41) is 35.7. The number of hydrogen-bond donors (Lipinski definition) is 1. The van der Waals surface area contributed by atoms with E-state index in [2.05, 4.69) is 41.5 Å². The molecular weight excluding hydrogens is 358 g/mol. The Morgan fingerprint density at radius 3 is 2.70 bits per heavy atom. The van der Waals surface area contributed by atoms with Gasteiger partial charge < -0.3 is 10.1 Å². The molecule has 0 bridgehead atoms. The lowest BCUT2D eigenvalue weighted by atomic mass is 10.1. The second-order valence-corrected chi connectivity index (χ2v) is 5.36. The van der Waals surface area contributed by atoms with Crippen molar-refractivity contribution in [3.05, 3.63) is 46.3 Å². The SMILES string of the molecule is C/C(Cn1nnc([N+](=O)[O-])n1)=N\NC(=O)Cc1ccc(-n2cnnn2)cc1. The van der Waals surface area contributed by atoms with E-state index < -0.39 is 10.9 Å². The van der Waals surface area contributed by atoms with E-state index >= 15 is 0 Å². The third kappa shape index (κ3) is 4.71. The summed E-state index contributed by atoms with van der Waals surface area (Å²) in [7, 11) is 0. The van der Waals surface area contributed by atoms with Gasteiger partial charge in [0.2, 0.25) is 5.91 Å². The Bertz CT molecular complexity index is 962. The van der Waals surface area contributed by atoms with E-state index in [1.54, 1.807) is 31.2 Å². The first kappa shape index (κ1) is 17.7. The number of nitrogens with one attached hydrogen (secondary N) is 1. The van der Waals surface area contributed by atoms with E-state index in [-0.39, 0.29) is 18.9 Å². The first-order chi connectivity index (χ1) is 13.0. The van der Waals surface area contributed by atoms with Crippen molar-refractivity contribution in [3.8, 4) is 5.69 Å². The zero-order valence-corrected chi connectivity index (χ0v) is 14.0. The van der Waals surface area contributed by atoms with Crippen molar-refractivity contribution in [1.29, 1.82) is 0 Å². The molecule has 0 atom stereocenters. The summed E-state index contributed by atoms with van der Waals surface area (Å²) in [4.78, 5) is 22.8. The van der Waals surface area contributed by atoms with E-state index in [1.807, 2.05) is 0 Å². The van der Waals surface area contributed by atoms with Gasteiger partial charge in [-0.05, 0) is 40.0 Å². The predicted octanol–water partition coefficient (Wildman–Crippen LogP) is -0.708. The van der Waals surface area contributed by atoms with Crippen LogP contribution in [0, 0.1) is 10.1 Å². The number of tetrazole rings is 2. The van der Waals surface area contributed by atoms with Crippen molar-refractivity contribution in [3.63, 3.8) is 0 Å². The molecule has 0 aliphatic rings. The van der Waals surface area contributed by atoms with Crippen molar-refractivity contribution >= 4 is 17.6 Å². The van der Waals surface area contributed by atoms with Gasteiger partial charge in [0.05, 0.1) is 28.0 Å². The predicted molar refractivity (Wildman–Crippen MR) is 88.6 cm³/mol. The second kappa shape index (κ2) is 7.85. The molecule has 0 spiro atoms. The molecule has 14 heteroatoms. The van der Waals surface area contributed by atoms with Crippen LogP contribution in [0.25, 0.3) is 5.69 Å². The van der Waals surface area contributed by atoms with Crippen LogP contribution in [0.3, 0.4) is 0 Å². The van der Waals surface area contributed by atoms with E-state index in [0.29, 0.717) is 5.71 Å². The van der Waals surface area contributed by atoms with Gasteiger partial charge in [-0.3, -0.25) is 4.79 Å². The molecular formula is C13H13N11O3. The summed E-state index contributed by atoms with van der Waals surface area (Å²) in [5.41, 5.74) is 4.41. The van der Waals surface area contributed by atoms with E-state index in [1.165, 1.54) is 11.0 Å². The summed E-state index contributed by atoms with van der Waals surface area (Å²) in [5.74, 6) is -0.918. The van der Waals surface area contributed by atoms with Crippen LogP contribution in [0.5, 0.6) is 0 Å². The van der Waals surface area contributed by atoms with Gasteiger partial charge in [-0.1, -0.05) is 16.9 Å². The number of carbonyl (C=O) groups excluding carboxylic acids is 1. The number of carbonyl (C=O) groups is 1. The molecule has 27 heavy (non-hydrogen) atoms. The smallest absolute Gasteiger partial charge is 0.390 e. The lowest BCUT2D eigenvalue weighted by Crippen LogP contribution is -2.22. The fourth-order valence-electron chi connectivity index (χ4n) is 2.04. The van der Waals surface area contributed by atoms with Gasteiger partial charge in [0.1, 0.15) is 12.9 Å². The normalized spacial score (nSPS) is 11.4. The highest BCUT2D eigenvalue weighted by Crippen LogP contribution is 2.08. The highest BCUT2D eigenvalue weighted by atomic mass is 16.6. The number of hydrazone groups is 1. The third-order valence-electron chi connectivity index (χ3n) is 3.26. The number of amides is 1. The van der Waals surface area contributed by atoms with Crippen LogP contribution in [-0.4, -0.2) is 57.0 Å². The van der Waals surface area contributed by atoms with Gasteiger partial charge in [0, 0.05) is 5.21 Å². The van der Waals surface area contributed by atoms with Gasteiger partial charge in [-0.15, -0.1) is 5.10 Å². The van der Waals surface area contributed by atoms with Crippen molar-refractivity contribution in [1.82, 2.24) is 45.8 Å². The molecule has 3 aromatic rings. The molecule has 138 valence electrons. The van der Waals surface area contributed by atoms with Crippen molar-refractivity contribution in [2.75, 3.05) is 0 Å². The number of benzene rings is 1. The molecule has 1 N–H and O–H groups in total. The monoisotopic (exact) mass is 371 g/mol. The lowest BCUT2D eigenvalue weighted by molar-refractivity contribution is -0.394. The van der Waals surface area contributed by atoms with Crippen LogP contribution in [0.4, 0.5) is 5.95 Å². The number of aromatic nitrogens is 8. The molecule has 0 saturated heterocycles. The maximum Gasteiger partial charge on any atom is 0.514 e. The molecule has 3 rings (SSSR count). The summed E-state index contributed by atoms with van der Waals surface area (Å²) in [6.45, 7) is 1.68. The fraction of sp³-hybridized carbons (Fsp3) is 0.231. The molecule has 14 nitrogen and oxygen atoms in total. The zero-order valence-electron chi connectivity index (χ0n) is 14.0. The molecule has 1 amide bonds. The zero-order chi connectivity index (χ0) is 19.2. The molecule has 2 aromatic heterocycles. The number of hydrogen-bond acceptors (Lipinski definition) is 10. The highest BCUT2D eigenvalue weighted by molar-refractivity contribution is 5.84. The maximum atomic E-state index is 12.0. The first-order valence-corrected chi connectivity index (χ1v) is 7.58. The first-order valence-electron chi connectivity index (χ1n) is 7.58.